The maximum Gasteiger partial charge on any atom is 0.433 e. The number of aliphatic hydroxyl groups is 1. The molecule has 1 aromatic heterocycles. The van der Waals surface area contributed by atoms with E-state index in [4.69, 9.17) is 4.74 Å². The van der Waals surface area contributed by atoms with Gasteiger partial charge in [0.15, 0.2) is 5.69 Å². The molecule has 0 aromatic carbocycles. The Kier molecular flexibility index (Phi) is 6.16. The van der Waals surface area contributed by atoms with Crippen molar-refractivity contribution < 1.29 is 23.0 Å². The Bertz CT molecular complexity index is 457. The van der Waals surface area contributed by atoms with Gasteiger partial charge in [-0.1, -0.05) is 0 Å². The normalized spacial score (nSPS) is 13.1. The molecule has 1 unspecified atom stereocenters. The van der Waals surface area contributed by atoms with E-state index in [-0.39, 0.29) is 24.9 Å². The first-order valence-electron chi connectivity index (χ1n) is 6.36. The number of methoxy groups -OCH3 is 1. The van der Waals surface area contributed by atoms with Gasteiger partial charge in [-0.15, -0.1) is 0 Å². The number of nitrogens with one attached hydrogen (secondary N) is 1. The average molecular weight is 308 g/mol. The number of nitrogens with zero attached hydrogens (tertiary/aromatic N) is 3. The lowest BCUT2D eigenvalue weighted by atomic mass is 10.3. The molecule has 0 radical (unpaired) electrons. The topological polar surface area (TPSA) is 70.5 Å². The lowest BCUT2D eigenvalue weighted by Gasteiger charge is -2.22. The van der Waals surface area contributed by atoms with Crippen molar-refractivity contribution in [3.05, 3.63) is 11.8 Å². The van der Waals surface area contributed by atoms with Crippen molar-refractivity contribution in [2.75, 3.05) is 44.1 Å². The number of aliphatic hydroxyl groups excluding tert-OH is 1. The van der Waals surface area contributed by atoms with Crippen molar-refractivity contribution >= 4 is 11.8 Å². The molecule has 0 fully saturated rings. The van der Waals surface area contributed by atoms with Gasteiger partial charge in [0.2, 0.25) is 5.95 Å². The second-order valence-corrected chi connectivity index (χ2v) is 4.45. The molecule has 6 nitrogen and oxygen atoms in total. The van der Waals surface area contributed by atoms with Crippen LogP contribution in [0.15, 0.2) is 6.07 Å². The lowest BCUT2D eigenvalue weighted by molar-refractivity contribution is -0.141. The first-order chi connectivity index (χ1) is 9.77. The van der Waals surface area contributed by atoms with E-state index in [0.29, 0.717) is 6.54 Å². The molecule has 0 amide bonds. The van der Waals surface area contributed by atoms with E-state index in [2.05, 4.69) is 15.3 Å². The lowest BCUT2D eigenvalue weighted by Crippen LogP contribution is -2.32. The third-order valence-corrected chi connectivity index (χ3v) is 2.57. The summed E-state index contributed by atoms with van der Waals surface area (Å²) in [6.07, 6.45) is -5.39. The Morgan fingerprint density at radius 3 is 2.62 bits per heavy atom. The summed E-state index contributed by atoms with van der Waals surface area (Å²) in [6, 6.07) is 0.848. The molecule has 21 heavy (non-hydrogen) atoms. The minimum absolute atomic E-state index is 0.0726. The molecule has 120 valence electrons. The van der Waals surface area contributed by atoms with Crippen LogP contribution in [0.1, 0.15) is 12.6 Å². The largest absolute Gasteiger partial charge is 0.433 e. The molecule has 1 heterocycles. The van der Waals surface area contributed by atoms with Crippen LogP contribution in [0.2, 0.25) is 0 Å². The van der Waals surface area contributed by atoms with Gasteiger partial charge in [0.05, 0.1) is 12.7 Å². The average Bonchev–Trinajstić information content (AvgIpc) is 2.38. The summed E-state index contributed by atoms with van der Waals surface area (Å²) in [5.74, 6) is -0.0289. The van der Waals surface area contributed by atoms with Crippen LogP contribution in [0.3, 0.4) is 0 Å². The molecule has 0 aliphatic rings. The van der Waals surface area contributed by atoms with E-state index in [1.165, 1.54) is 19.1 Å². The van der Waals surface area contributed by atoms with Crippen LogP contribution in [-0.4, -0.2) is 55.0 Å². The Morgan fingerprint density at radius 1 is 1.43 bits per heavy atom. The molecule has 0 aliphatic carbocycles. The van der Waals surface area contributed by atoms with Crippen LogP contribution in [0, 0.1) is 0 Å². The molecular formula is C12H19F3N4O2. The summed E-state index contributed by atoms with van der Waals surface area (Å²) < 4.78 is 43.3. The van der Waals surface area contributed by atoms with Crippen LogP contribution >= 0.6 is 0 Å². The van der Waals surface area contributed by atoms with Gasteiger partial charge in [-0.25, -0.2) is 4.98 Å². The fourth-order valence-corrected chi connectivity index (χ4v) is 1.67. The van der Waals surface area contributed by atoms with Gasteiger partial charge >= 0.3 is 6.18 Å². The third kappa shape index (κ3) is 5.35. The van der Waals surface area contributed by atoms with Crippen LogP contribution in [0.5, 0.6) is 0 Å². The van der Waals surface area contributed by atoms with E-state index < -0.39 is 18.0 Å². The van der Waals surface area contributed by atoms with Crippen LogP contribution in [0.4, 0.5) is 24.9 Å². The van der Waals surface area contributed by atoms with Gasteiger partial charge in [0.1, 0.15) is 5.82 Å². The molecule has 0 bridgehead atoms. The Balaban J connectivity index is 3.01. The standard InChI is InChI=1S/C12H19F3N4O2/c1-4-16-11-17-9(12(13,14)15)5-10(18-11)19(2)6-8(20)7-21-3/h5,8,20H,4,6-7H2,1-3H3,(H,16,17,18). The fraction of sp³-hybridized carbons (Fsp3) is 0.667. The SMILES string of the molecule is CCNc1nc(N(C)CC(O)COC)cc(C(F)(F)F)n1. The molecule has 2 N–H and O–H groups in total. The summed E-state index contributed by atoms with van der Waals surface area (Å²) in [7, 11) is 2.97. The van der Waals surface area contributed by atoms with Crippen LogP contribution in [-0.2, 0) is 10.9 Å². The molecule has 1 atom stereocenters. The highest BCUT2D eigenvalue weighted by Gasteiger charge is 2.34. The number of aromatic nitrogens is 2. The summed E-state index contributed by atoms with van der Waals surface area (Å²) in [5.41, 5.74) is -1.03. The van der Waals surface area contributed by atoms with E-state index in [1.807, 2.05) is 0 Å². The Labute approximate surface area is 121 Å². The van der Waals surface area contributed by atoms with Crippen molar-refractivity contribution in [2.45, 2.75) is 19.2 Å². The number of hydrogen-bond donors (Lipinski definition) is 2. The predicted molar refractivity (Wildman–Crippen MR) is 72.4 cm³/mol. The Morgan fingerprint density at radius 2 is 2.10 bits per heavy atom. The molecule has 0 aliphatic heterocycles. The number of anilines is 2. The van der Waals surface area contributed by atoms with Gasteiger partial charge in [0.25, 0.3) is 0 Å². The third-order valence-electron chi connectivity index (χ3n) is 2.57. The monoisotopic (exact) mass is 308 g/mol. The predicted octanol–water partition coefficient (Wildman–Crippen LogP) is 1.37. The number of ether oxygens (including phenoxy) is 1. The highest BCUT2D eigenvalue weighted by atomic mass is 19.4. The summed E-state index contributed by atoms with van der Waals surface area (Å²) >= 11 is 0. The summed E-state index contributed by atoms with van der Waals surface area (Å²) in [6.45, 7) is 2.31. The van der Waals surface area contributed by atoms with Gasteiger partial charge in [-0.3, -0.25) is 0 Å². The van der Waals surface area contributed by atoms with E-state index in [9.17, 15) is 18.3 Å². The van der Waals surface area contributed by atoms with Crippen molar-refractivity contribution in [1.29, 1.82) is 0 Å². The van der Waals surface area contributed by atoms with E-state index >= 15 is 0 Å². The molecule has 9 heteroatoms. The highest BCUT2D eigenvalue weighted by Crippen LogP contribution is 2.30. The molecule has 0 spiro atoms. The van der Waals surface area contributed by atoms with Crippen molar-refractivity contribution in [3.8, 4) is 0 Å². The van der Waals surface area contributed by atoms with Gasteiger partial charge < -0.3 is 20.1 Å². The molecular weight excluding hydrogens is 289 g/mol. The molecule has 1 rings (SSSR count). The van der Waals surface area contributed by atoms with Crippen molar-refractivity contribution in [2.24, 2.45) is 0 Å². The minimum atomic E-state index is -4.56. The second kappa shape index (κ2) is 7.41. The van der Waals surface area contributed by atoms with Crippen LogP contribution < -0.4 is 10.2 Å². The zero-order chi connectivity index (χ0) is 16.0. The number of alkyl halides is 3. The zero-order valence-corrected chi connectivity index (χ0v) is 12.1. The maximum atomic E-state index is 12.8. The zero-order valence-electron chi connectivity index (χ0n) is 12.1. The maximum absolute atomic E-state index is 12.8. The van der Waals surface area contributed by atoms with Crippen LogP contribution in [0.25, 0.3) is 0 Å². The van der Waals surface area contributed by atoms with Crippen molar-refractivity contribution in [1.82, 2.24) is 9.97 Å². The first kappa shape index (κ1) is 17.4. The van der Waals surface area contributed by atoms with E-state index in [0.717, 1.165) is 6.07 Å². The quantitative estimate of drug-likeness (QED) is 0.793. The number of rotatable bonds is 7. The molecule has 1 aromatic rings. The smallest absolute Gasteiger partial charge is 0.389 e. The minimum Gasteiger partial charge on any atom is -0.389 e. The van der Waals surface area contributed by atoms with Gasteiger partial charge in [-0.05, 0) is 6.92 Å². The Hall–Kier alpha value is -1.61. The first-order valence-corrected chi connectivity index (χ1v) is 6.36. The summed E-state index contributed by atoms with van der Waals surface area (Å²) in [5, 5.41) is 12.3. The van der Waals surface area contributed by atoms with Gasteiger partial charge in [0, 0.05) is 33.3 Å². The fourth-order valence-electron chi connectivity index (χ4n) is 1.67. The highest BCUT2D eigenvalue weighted by molar-refractivity contribution is 5.45. The molecule has 0 saturated heterocycles. The summed E-state index contributed by atoms with van der Waals surface area (Å²) in [4.78, 5) is 8.85. The van der Waals surface area contributed by atoms with Gasteiger partial charge in [-0.2, -0.15) is 18.2 Å². The van der Waals surface area contributed by atoms with Crippen molar-refractivity contribution in [3.63, 3.8) is 0 Å². The van der Waals surface area contributed by atoms with E-state index in [1.54, 1.807) is 6.92 Å². The molecule has 0 saturated carbocycles. The number of hydrogen-bond acceptors (Lipinski definition) is 6. The number of halogens is 3. The second-order valence-electron chi connectivity index (χ2n) is 4.45. The number of likely N-dealkylation sites (N-methyl/N-ethyl adjacent to an activating group) is 1.